The topological polar surface area (TPSA) is 26.3 Å². The van der Waals surface area contributed by atoms with Crippen LogP contribution in [-0.4, -0.2) is 6.47 Å². The Hall–Kier alpha value is -0.500. The van der Waals surface area contributed by atoms with Gasteiger partial charge in [-0.2, -0.15) is 0 Å². The first-order valence-corrected chi connectivity index (χ1v) is 2.58. The van der Waals surface area contributed by atoms with Gasteiger partial charge < -0.3 is 4.74 Å². The van der Waals surface area contributed by atoms with Crippen molar-refractivity contribution >= 4 is 18.1 Å². The van der Waals surface area contributed by atoms with E-state index < -0.39 is 0 Å². The van der Waals surface area contributed by atoms with E-state index in [1.165, 1.54) is 6.47 Å². The molecule has 0 unspecified atom stereocenters. The number of halogens is 1. The lowest BCUT2D eigenvalue weighted by molar-refractivity contribution is 0.385. The van der Waals surface area contributed by atoms with Crippen molar-refractivity contribution in [2.75, 3.05) is 0 Å². The third-order valence-electron chi connectivity index (χ3n) is 0.504. The van der Waals surface area contributed by atoms with E-state index in [1.54, 1.807) is 6.08 Å². The normalized spacial score (nSPS) is 11.0. The van der Waals surface area contributed by atoms with E-state index in [-0.39, 0.29) is 5.22 Å². The first kappa shape index (κ1) is 7.50. The van der Waals surface area contributed by atoms with Crippen LogP contribution in [0.5, 0.6) is 0 Å². The van der Waals surface area contributed by atoms with Crippen molar-refractivity contribution in [3.05, 3.63) is 11.3 Å². The Morgan fingerprint density at radius 2 is 2.62 bits per heavy atom. The number of ether oxygens (including phenoxy) is 1. The van der Waals surface area contributed by atoms with Gasteiger partial charge in [0.1, 0.15) is 0 Å². The maximum atomic E-state index is 9.42. The van der Waals surface area contributed by atoms with E-state index in [4.69, 9.17) is 11.6 Å². The van der Waals surface area contributed by atoms with Gasteiger partial charge in [0.2, 0.25) is 0 Å². The molecule has 0 aromatic rings. The van der Waals surface area contributed by atoms with Crippen LogP contribution in [0.25, 0.3) is 0 Å². The molecule has 0 N–H and O–H groups in total. The molecule has 0 saturated heterocycles. The van der Waals surface area contributed by atoms with Crippen molar-refractivity contribution < 1.29 is 9.53 Å². The molecule has 45 valence electrons. The van der Waals surface area contributed by atoms with Crippen molar-refractivity contribution in [3.8, 4) is 0 Å². The first-order valence-electron chi connectivity index (χ1n) is 2.21. The SMILES string of the molecule is CC/C=C(\Cl)O[C]=O. The standard InChI is InChI=1S/C5H6ClO2/c1-2-3-5(6)8-4-7/h3H,2H2,1H3/b5-3+. The van der Waals surface area contributed by atoms with Crippen LogP contribution in [-0.2, 0) is 9.53 Å². The lowest BCUT2D eigenvalue weighted by Crippen LogP contribution is -1.78. The summed E-state index contributed by atoms with van der Waals surface area (Å²) in [7, 11) is 0. The van der Waals surface area contributed by atoms with E-state index >= 15 is 0 Å². The van der Waals surface area contributed by atoms with E-state index in [0.29, 0.717) is 0 Å². The fraction of sp³-hybridized carbons (Fsp3) is 0.400. The average Bonchev–Trinajstić information content (AvgIpc) is 1.68. The van der Waals surface area contributed by atoms with E-state index in [1.807, 2.05) is 6.92 Å². The van der Waals surface area contributed by atoms with Crippen LogP contribution in [0.15, 0.2) is 11.3 Å². The maximum Gasteiger partial charge on any atom is 0.424 e. The molecule has 0 aromatic carbocycles. The van der Waals surface area contributed by atoms with Crippen LogP contribution in [0.1, 0.15) is 13.3 Å². The lowest BCUT2D eigenvalue weighted by Gasteiger charge is -1.87. The van der Waals surface area contributed by atoms with Crippen LogP contribution < -0.4 is 0 Å². The van der Waals surface area contributed by atoms with Gasteiger partial charge in [-0.05, 0) is 24.1 Å². The molecule has 1 radical (unpaired) electrons. The molecule has 0 amide bonds. The Morgan fingerprint density at radius 3 is 3.00 bits per heavy atom. The Kier molecular flexibility index (Phi) is 4.36. The minimum atomic E-state index is 0.0856. The fourth-order valence-corrected chi connectivity index (χ4v) is 0.428. The monoisotopic (exact) mass is 133 g/mol. The second-order valence-electron chi connectivity index (χ2n) is 1.10. The minimum absolute atomic E-state index is 0.0856. The molecule has 0 saturated carbocycles. The van der Waals surface area contributed by atoms with Crippen LogP contribution in [0.4, 0.5) is 0 Å². The molecule has 0 heterocycles. The van der Waals surface area contributed by atoms with E-state index in [0.717, 1.165) is 6.42 Å². The van der Waals surface area contributed by atoms with Crippen molar-refractivity contribution in [2.45, 2.75) is 13.3 Å². The highest BCUT2D eigenvalue weighted by atomic mass is 35.5. The third-order valence-corrected chi connectivity index (χ3v) is 0.735. The molecule has 0 aliphatic rings. The quantitative estimate of drug-likeness (QED) is 0.546. The van der Waals surface area contributed by atoms with Gasteiger partial charge in [0, 0.05) is 0 Å². The Bertz CT molecular complexity index is 98.6. The molecule has 0 aliphatic carbocycles. The summed E-state index contributed by atoms with van der Waals surface area (Å²) in [4.78, 5) is 9.42. The fourth-order valence-electron chi connectivity index (χ4n) is 0.242. The zero-order chi connectivity index (χ0) is 6.41. The van der Waals surface area contributed by atoms with Crippen LogP contribution in [0.2, 0.25) is 0 Å². The molecule has 8 heavy (non-hydrogen) atoms. The molecular weight excluding hydrogens is 128 g/mol. The minimum Gasteiger partial charge on any atom is -0.406 e. The van der Waals surface area contributed by atoms with Crippen LogP contribution in [0, 0.1) is 0 Å². The second-order valence-corrected chi connectivity index (χ2v) is 1.47. The maximum absolute atomic E-state index is 9.42. The van der Waals surface area contributed by atoms with Gasteiger partial charge in [0.15, 0.2) is 5.22 Å². The van der Waals surface area contributed by atoms with Gasteiger partial charge in [0.05, 0.1) is 0 Å². The van der Waals surface area contributed by atoms with Crippen LogP contribution >= 0.6 is 11.6 Å². The summed E-state index contributed by atoms with van der Waals surface area (Å²) < 4.78 is 4.10. The molecule has 0 atom stereocenters. The van der Waals surface area contributed by atoms with Crippen molar-refractivity contribution in [1.82, 2.24) is 0 Å². The Labute approximate surface area is 53.1 Å². The molecule has 3 heteroatoms. The molecule has 0 fully saturated rings. The van der Waals surface area contributed by atoms with E-state index in [9.17, 15) is 4.79 Å². The first-order chi connectivity index (χ1) is 3.81. The second kappa shape index (κ2) is 4.65. The van der Waals surface area contributed by atoms with Gasteiger partial charge in [-0.25, -0.2) is 4.79 Å². The number of allylic oxidation sites excluding steroid dienone is 1. The molecule has 0 aliphatic heterocycles. The van der Waals surface area contributed by atoms with Gasteiger partial charge in [0.25, 0.3) is 0 Å². The highest BCUT2D eigenvalue weighted by molar-refractivity contribution is 6.28. The number of hydrogen-bond acceptors (Lipinski definition) is 2. The van der Waals surface area contributed by atoms with Crippen molar-refractivity contribution in [3.63, 3.8) is 0 Å². The average molecular weight is 134 g/mol. The number of hydrogen-bond donors (Lipinski definition) is 0. The molecule has 2 nitrogen and oxygen atoms in total. The van der Waals surface area contributed by atoms with Gasteiger partial charge in [-0.1, -0.05) is 6.92 Å². The van der Waals surface area contributed by atoms with Crippen molar-refractivity contribution in [1.29, 1.82) is 0 Å². The molecule has 0 rings (SSSR count). The number of rotatable bonds is 3. The molecule has 0 bridgehead atoms. The predicted octanol–water partition coefficient (Wildman–Crippen LogP) is 1.56. The molecule has 0 spiro atoms. The van der Waals surface area contributed by atoms with E-state index in [2.05, 4.69) is 4.74 Å². The summed E-state index contributed by atoms with van der Waals surface area (Å²) in [6.45, 7) is 3.09. The summed E-state index contributed by atoms with van der Waals surface area (Å²) >= 11 is 5.26. The third kappa shape index (κ3) is 3.68. The van der Waals surface area contributed by atoms with Crippen LogP contribution in [0.3, 0.4) is 0 Å². The van der Waals surface area contributed by atoms with Crippen molar-refractivity contribution in [2.24, 2.45) is 0 Å². The summed E-state index contributed by atoms with van der Waals surface area (Å²) in [6.07, 6.45) is 2.33. The highest BCUT2D eigenvalue weighted by Gasteiger charge is 1.86. The lowest BCUT2D eigenvalue weighted by atomic mass is 10.5. The Balaban J connectivity index is 3.44. The summed E-state index contributed by atoms with van der Waals surface area (Å²) in [6, 6.07) is 0. The van der Waals surface area contributed by atoms with Gasteiger partial charge in [-0.15, -0.1) is 0 Å². The summed E-state index contributed by atoms with van der Waals surface area (Å²) in [5.41, 5.74) is 0. The predicted molar refractivity (Wildman–Crippen MR) is 31.0 cm³/mol. The highest BCUT2D eigenvalue weighted by Crippen LogP contribution is 2.01. The summed E-state index contributed by atoms with van der Waals surface area (Å²) in [5.74, 6) is 0. The molecule has 0 aromatic heterocycles. The Morgan fingerprint density at radius 1 is 2.00 bits per heavy atom. The van der Waals surface area contributed by atoms with Gasteiger partial charge >= 0.3 is 6.47 Å². The number of carbonyl (C=O) groups excluding carboxylic acids is 1. The largest absolute Gasteiger partial charge is 0.424 e. The molecular formula is C5H6ClO2. The summed E-state index contributed by atoms with van der Waals surface area (Å²) in [5, 5.41) is 0.0856. The zero-order valence-corrected chi connectivity index (χ0v) is 5.23. The smallest absolute Gasteiger partial charge is 0.406 e. The van der Waals surface area contributed by atoms with Gasteiger partial charge in [-0.3, -0.25) is 0 Å². The zero-order valence-electron chi connectivity index (χ0n) is 4.48.